The summed E-state index contributed by atoms with van der Waals surface area (Å²) in [6.45, 7) is 4.85. The number of nitrogens with one attached hydrogen (secondary N) is 1. The van der Waals surface area contributed by atoms with Gasteiger partial charge in [0.05, 0.1) is 7.11 Å². The molecule has 0 radical (unpaired) electrons. The lowest BCUT2D eigenvalue weighted by molar-refractivity contribution is -0.123. The highest BCUT2D eigenvalue weighted by molar-refractivity contribution is 5.77. The molecule has 0 aliphatic heterocycles. The van der Waals surface area contributed by atoms with Crippen LogP contribution in [0.25, 0.3) is 0 Å². The number of amides is 1. The summed E-state index contributed by atoms with van der Waals surface area (Å²) in [5.41, 5.74) is 2.30. The summed E-state index contributed by atoms with van der Waals surface area (Å²) in [5, 5.41) is 2.84. The van der Waals surface area contributed by atoms with Gasteiger partial charge >= 0.3 is 0 Å². The van der Waals surface area contributed by atoms with E-state index in [1.165, 1.54) is 5.56 Å². The second-order valence-electron chi connectivity index (χ2n) is 5.79. The summed E-state index contributed by atoms with van der Waals surface area (Å²) >= 11 is 0. The lowest BCUT2D eigenvalue weighted by atomic mass is 9.99. The van der Waals surface area contributed by atoms with Crippen LogP contribution in [-0.4, -0.2) is 19.6 Å². The van der Waals surface area contributed by atoms with Gasteiger partial charge in [-0.15, -0.1) is 0 Å². The lowest BCUT2D eigenvalue weighted by Gasteiger charge is -2.11. The van der Waals surface area contributed by atoms with Gasteiger partial charge in [0.2, 0.25) is 0 Å². The number of hydrogen-bond acceptors (Lipinski definition) is 3. The molecule has 4 heteroatoms. The Hall–Kier alpha value is -2.49. The first kappa shape index (κ1) is 17.9. The second-order valence-corrected chi connectivity index (χ2v) is 5.79. The Bertz CT molecular complexity index is 635. The van der Waals surface area contributed by atoms with Crippen molar-refractivity contribution < 1.29 is 14.3 Å². The van der Waals surface area contributed by atoms with E-state index in [9.17, 15) is 4.79 Å². The van der Waals surface area contributed by atoms with Crippen molar-refractivity contribution in [3.05, 3.63) is 59.7 Å². The summed E-state index contributed by atoms with van der Waals surface area (Å²) in [6, 6.07) is 15.5. The fourth-order valence-corrected chi connectivity index (χ4v) is 2.27. The minimum absolute atomic E-state index is 0.0127. The lowest BCUT2D eigenvalue weighted by Crippen LogP contribution is -2.28. The first-order valence-electron chi connectivity index (χ1n) is 8.24. The third kappa shape index (κ3) is 5.30. The molecule has 128 valence electrons. The third-order valence-electron chi connectivity index (χ3n) is 4.08. The SMILES string of the molecule is CCC(C)c1ccc(OCC(=O)NCc2ccc(OC)cc2)cc1. The zero-order valence-electron chi connectivity index (χ0n) is 14.5. The van der Waals surface area contributed by atoms with Crippen LogP contribution in [0.5, 0.6) is 11.5 Å². The Balaban J connectivity index is 1.76. The summed E-state index contributed by atoms with van der Waals surface area (Å²) in [6.07, 6.45) is 1.11. The Morgan fingerprint density at radius 3 is 2.25 bits per heavy atom. The Morgan fingerprint density at radius 1 is 1.04 bits per heavy atom. The summed E-state index contributed by atoms with van der Waals surface area (Å²) < 4.78 is 10.6. The van der Waals surface area contributed by atoms with Crippen LogP contribution in [0.15, 0.2) is 48.5 Å². The molecule has 1 amide bonds. The van der Waals surface area contributed by atoms with Crippen molar-refractivity contribution in [3.8, 4) is 11.5 Å². The molecule has 2 aromatic carbocycles. The molecular formula is C20H25NO3. The van der Waals surface area contributed by atoms with Crippen LogP contribution in [0.4, 0.5) is 0 Å². The summed E-state index contributed by atoms with van der Waals surface area (Å²) in [4.78, 5) is 11.9. The van der Waals surface area contributed by atoms with Gasteiger partial charge in [0.15, 0.2) is 6.61 Å². The molecule has 0 fully saturated rings. The number of carbonyl (C=O) groups excluding carboxylic acids is 1. The predicted octanol–water partition coefficient (Wildman–Crippen LogP) is 3.90. The van der Waals surface area contributed by atoms with Gasteiger partial charge in [0.1, 0.15) is 11.5 Å². The zero-order chi connectivity index (χ0) is 17.4. The fourth-order valence-electron chi connectivity index (χ4n) is 2.27. The Labute approximate surface area is 143 Å². The van der Waals surface area contributed by atoms with Crippen LogP contribution in [0.2, 0.25) is 0 Å². The van der Waals surface area contributed by atoms with Crippen molar-refractivity contribution in [2.24, 2.45) is 0 Å². The third-order valence-corrected chi connectivity index (χ3v) is 4.08. The molecule has 0 heterocycles. The molecule has 0 aromatic heterocycles. The monoisotopic (exact) mass is 327 g/mol. The van der Waals surface area contributed by atoms with Crippen LogP contribution in [0.1, 0.15) is 37.3 Å². The number of hydrogen-bond donors (Lipinski definition) is 1. The highest BCUT2D eigenvalue weighted by Crippen LogP contribution is 2.21. The average Bonchev–Trinajstić information content (AvgIpc) is 2.64. The number of ether oxygens (including phenoxy) is 2. The molecule has 4 nitrogen and oxygen atoms in total. The van der Waals surface area contributed by atoms with Gasteiger partial charge in [0.25, 0.3) is 5.91 Å². The van der Waals surface area contributed by atoms with E-state index >= 15 is 0 Å². The van der Waals surface area contributed by atoms with Gasteiger partial charge in [-0.1, -0.05) is 38.1 Å². The van der Waals surface area contributed by atoms with Crippen molar-refractivity contribution in [2.45, 2.75) is 32.7 Å². The average molecular weight is 327 g/mol. The molecule has 1 unspecified atom stereocenters. The molecule has 2 rings (SSSR count). The molecule has 0 aliphatic rings. The molecule has 1 N–H and O–H groups in total. The molecule has 1 atom stereocenters. The van der Waals surface area contributed by atoms with E-state index in [2.05, 4.69) is 31.3 Å². The van der Waals surface area contributed by atoms with E-state index < -0.39 is 0 Å². The smallest absolute Gasteiger partial charge is 0.258 e. The zero-order valence-corrected chi connectivity index (χ0v) is 14.5. The van der Waals surface area contributed by atoms with Crippen LogP contribution in [-0.2, 0) is 11.3 Å². The van der Waals surface area contributed by atoms with Crippen LogP contribution in [0.3, 0.4) is 0 Å². The summed E-state index contributed by atoms with van der Waals surface area (Å²) in [5.74, 6) is 1.90. The highest BCUT2D eigenvalue weighted by Gasteiger charge is 2.05. The number of carbonyl (C=O) groups is 1. The normalized spacial score (nSPS) is 11.6. The molecule has 0 saturated carbocycles. The van der Waals surface area contributed by atoms with Crippen molar-refractivity contribution in [1.29, 1.82) is 0 Å². The molecular weight excluding hydrogens is 302 g/mol. The van der Waals surface area contributed by atoms with E-state index in [-0.39, 0.29) is 12.5 Å². The first-order valence-corrected chi connectivity index (χ1v) is 8.24. The van der Waals surface area contributed by atoms with E-state index in [1.807, 2.05) is 36.4 Å². The van der Waals surface area contributed by atoms with Gasteiger partial charge in [0, 0.05) is 6.54 Å². The molecule has 2 aromatic rings. The van der Waals surface area contributed by atoms with Gasteiger partial charge in [-0.25, -0.2) is 0 Å². The molecule has 24 heavy (non-hydrogen) atoms. The largest absolute Gasteiger partial charge is 0.497 e. The van der Waals surface area contributed by atoms with Crippen LogP contribution < -0.4 is 14.8 Å². The standard InChI is InChI=1S/C20H25NO3/c1-4-15(2)17-7-11-19(12-8-17)24-14-20(22)21-13-16-5-9-18(23-3)10-6-16/h5-12,15H,4,13-14H2,1-3H3,(H,21,22). The number of benzene rings is 2. The topological polar surface area (TPSA) is 47.6 Å². The quantitative estimate of drug-likeness (QED) is 0.800. The maximum absolute atomic E-state index is 11.9. The van der Waals surface area contributed by atoms with Crippen molar-refractivity contribution in [1.82, 2.24) is 5.32 Å². The molecule has 0 aliphatic carbocycles. The highest BCUT2D eigenvalue weighted by atomic mass is 16.5. The van der Waals surface area contributed by atoms with E-state index in [0.717, 1.165) is 17.7 Å². The van der Waals surface area contributed by atoms with Crippen molar-refractivity contribution in [3.63, 3.8) is 0 Å². The second kappa shape index (κ2) is 8.96. The van der Waals surface area contributed by atoms with Gasteiger partial charge < -0.3 is 14.8 Å². The van der Waals surface area contributed by atoms with Gasteiger partial charge in [-0.2, -0.15) is 0 Å². The fraction of sp³-hybridized carbons (Fsp3) is 0.350. The van der Waals surface area contributed by atoms with E-state index in [0.29, 0.717) is 18.2 Å². The molecule has 0 bridgehead atoms. The number of rotatable bonds is 8. The number of methoxy groups -OCH3 is 1. The first-order chi connectivity index (χ1) is 11.6. The van der Waals surface area contributed by atoms with E-state index in [1.54, 1.807) is 7.11 Å². The van der Waals surface area contributed by atoms with Crippen LogP contribution in [0, 0.1) is 0 Å². The van der Waals surface area contributed by atoms with Gasteiger partial charge in [-0.05, 0) is 47.7 Å². The maximum Gasteiger partial charge on any atom is 0.258 e. The minimum atomic E-state index is -0.142. The van der Waals surface area contributed by atoms with Crippen molar-refractivity contribution in [2.75, 3.05) is 13.7 Å². The summed E-state index contributed by atoms with van der Waals surface area (Å²) in [7, 11) is 1.63. The Morgan fingerprint density at radius 2 is 1.67 bits per heavy atom. The predicted molar refractivity (Wildman–Crippen MR) is 95.5 cm³/mol. The Kier molecular flexibility index (Phi) is 6.67. The van der Waals surface area contributed by atoms with Crippen LogP contribution >= 0.6 is 0 Å². The minimum Gasteiger partial charge on any atom is -0.497 e. The van der Waals surface area contributed by atoms with Gasteiger partial charge in [-0.3, -0.25) is 4.79 Å². The molecule has 0 spiro atoms. The van der Waals surface area contributed by atoms with E-state index in [4.69, 9.17) is 9.47 Å². The molecule has 0 saturated heterocycles. The maximum atomic E-state index is 11.9. The van der Waals surface area contributed by atoms with Crippen molar-refractivity contribution >= 4 is 5.91 Å².